The molecule has 4 heterocycles. The van der Waals surface area contributed by atoms with Gasteiger partial charge in [0, 0.05) is 25.2 Å². The van der Waals surface area contributed by atoms with E-state index in [1.165, 1.54) is 13.1 Å². The maximum atomic E-state index is 13.7. The van der Waals surface area contributed by atoms with Gasteiger partial charge in [-0.3, -0.25) is 14.4 Å². The second-order valence-corrected chi connectivity index (χ2v) is 9.31. The fourth-order valence-electron chi connectivity index (χ4n) is 5.23. The lowest BCUT2D eigenvalue weighted by Crippen LogP contribution is -2.52. The minimum absolute atomic E-state index is 0.00569. The minimum atomic E-state index is -0.637. The molecule has 8 nitrogen and oxygen atoms in total. The Labute approximate surface area is 191 Å². The summed E-state index contributed by atoms with van der Waals surface area (Å²) >= 11 is 0. The molecular formula is C25H27N3O5. The van der Waals surface area contributed by atoms with Crippen molar-refractivity contribution in [2.24, 2.45) is 5.16 Å². The van der Waals surface area contributed by atoms with Crippen molar-refractivity contribution in [3.05, 3.63) is 63.6 Å². The monoisotopic (exact) mass is 449 g/mol. The molecule has 1 amide bonds. The van der Waals surface area contributed by atoms with E-state index in [0.717, 1.165) is 17.7 Å². The first-order valence-corrected chi connectivity index (χ1v) is 11.3. The van der Waals surface area contributed by atoms with E-state index in [0.29, 0.717) is 19.4 Å². The lowest BCUT2D eigenvalue weighted by molar-refractivity contribution is -0.0656. The number of aromatic nitrogens is 1. The fourth-order valence-corrected chi connectivity index (χ4v) is 5.23. The van der Waals surface area contributed by atoms with Crippen LogP contribution in [0.1, 0.15) is 72.5 Å². The molecule has 1 aromatic heterocycles. The zero-order chi connectivity index (χ0) is 23.3. The molecule has 172 valence electrons. The first-order chi connectivity index (χ1) is 15.8. The second kappa shape index (κ2) is 7.86. The van der Waals surface area contributed by atoms with Crippen LogP contribution in [-0.2, 0) is 11.4 Å². The highest BCUT2D eigenvalue weighted by molar-refractivity contribution is 5.99. The van der Waals surface area contributed by atoms with Gasteiger partial charge in [0.1, 0.15) is 6.61 Å². The molecule has 3 aliphatic rings. The Hall–Kier alpha value is -3.42. The highest BCUT2D eigenvalue weighted by atomic mass is 16.7. The van der Waals surface area contributed by atoms with Gasteiger partial charge in [0.05, 0.1) is 17.3 Å². The topological polar surface area (TPSA) is 90.2 Å². The van der Waals surface area contributed by atoms with Crippen LogP contribution in [0.2, 0.25) is 0 Å². The van der Waals surface area contributed by atoms with Crippen molar-refractivity contribution >= 4 is 17.4 Å². The highest BCUT2D eigenvalue weighted by Gasteiger charge is 2.53. The molecule has 0 N–H and O–H groups in total. The Kier molecular flexibility index (Phi) is 5.11. The number of hydrogen-bond acceptors (Lipinski definition) is 6. The number of oxime groups is 1. The molecule has 0 radical (unpaired) electrons. The van der Waals surface area contributed by atoms with Gasteiger partial charge in [-0.25, -0.2) is 0 Å². The Morgan fingerprint density at radius 3 is 2.70 bits per heavy atom. The Balaban J connectivity index is 1.69. The van der Waals surface area contributed by atoms with Gasteiger partial charge in [0.2, 0.25) is 5.43 Å². The lowest BCUT2D eigenvalue weighted by Gasteiger charge is -2.42. The van der Waals surface area contributed by atoms with E-state index in [-0.39, 0.29) is 47.4 Å². The van der Waals surface area contributed by atoms with Crippen LogP contribution < -0.4 is 10.2 Å². The maximum Gasteiger partial charge on any atom is 0.274 e. The SMILES string of the molecule is CC(=O)c1cn2c(c(OCc3ccccc3)c1=O)C(=O)N1C[C@@H]2[C@]2(CC[C@@H]1C)CC(C)=NO2. The molecule has 0 saturated carbocycles. The van der Waals surface area contributed by atoms with E-state index in [9.17, 15) is 14.4 Å². The van der Waals surface area contributed by atoms with Gasteiger partial charge in [-0.2, -0.15) is 0 Å². The van der Waals surface area contributed by atoms with Crippen LogP contribution in [0.25, 0.3) is 0 Å². The first-order valence-electron chi connectivity index (χ1n) is 11.3. The molecule has 2 bridgehead atoms. The summed E-state index contributed by atoms with van der Waals surface area (Å²) in [5.41, 5.74) is 0.743. The summed E-state index contributed by atoms with van der Waals surface area (Å²) in [5.74, 6) is -0.710. The van der Waals surface area contributed by atoms with Gasteiger partial charge < -0.3 is 19.0 Å². The van der Waals surface area contributed by atoms with Crippen LogP contribution in [0.4, 0.5) is 0 Å². The van der Waals surface area contributed by atoms with Crippen molar-refractivity contribution < 1.29 is 19.2 Å². The van der Waals surface area contributed by atoms with E-state index < -0.39 is 11.0 Å². The zero-order valence-corrected chi connectivity index (χ0v) is 19.0. The number of hydrogen-bond donors (Lipinski definition) is 0. The number of ketones is 1. The maximum absolute atomic E-state index is 13.7. The number of amides is 1. The summed E-state index contributed by atoms with van der Waals surface area (Å²) in [6, 6.07) is 9.09. The smallest absolute Gasteiger partial charge is 0.274 e. The summed E-state index contributed by atoms with van der Waals surface area (Å²) in [7, 11) is 0. The Morgan fingerprint density at radius 1 is 1.27 bits per heavy atom. The lowest BCUT2D eigenvalue weighted by atomic mass is 9.84. The van der Waals surface area contributed by atoms with Gasteiger partial charge in [-0.15, -0.1) is 0 Å². The third kappa shape index (κ3) is 3.44. The van der Waals surface area contributed by atoms with Crippen LogP contribution in [0, 0.1) is 0 Å². The van der Waals surface area contributed by atoms with Crippen molar-refractivity contribution in [2.75, 3.05) is 6.54 Å². The highest BCUT2D eigenvalue weighted by Crippen LogP contribution is 2.46. The third-order valence-electron chi connectivity index (χ3n) is 7.03. The fraction of sp³-hybridized carbons (Fsp3) is 0.440. The van der Waals surface area contributed by atoms with Gasteiger partial charge in [-0.05, 0) is 39.2 Å². The van der Waals surface area contributed by atoms with Crippen LogP contribution in [0.5, 0.6) is 5.75 Å². The summed E-state index contributed by atoms with van der Waals surface area (Å²) in [5, 5.41) is 4.23. The number of benzene rings is 1. The van der Waals surface area contributed by atoms with Crippen molar-refractivity contribution in [2.45, 2.75) is 64.3 Å². The average Bonchev–Trinajstić information content (AvgIpc) is 3.13. The predicted octanol–water partition coefficient (Wildman–Crippen LogP) is 3.34. The molecule has 2 aromatic rings. The van der Waals surface area contributed by atoms with Gasteiger partial charge >= 0.3 is 0 Å². The number of Topliss-reactive ketones (excluding diaryl/α,β-unsaturated/α-hetero) is 1. The average molecular weight is 450 g/mol. The predicted molar refractivity (Wildman–Crippen MR) is 122 cm³/mol. The van der Waals surface area contributed by atoms with E-state index in [1.54, 1.807) is 9.47 Å². The largest absolute Gasteiger partial charge is 0.483 e. The number of carbonyl (C=O) groups is 2. The summed E-state index contributed by atoms with van der Waals surface area (Å²) < 4.78 is 7.75. The molecule has 0 unspecified atom stereocenters. The molecule has 3 aliphatic heterocycles. The van der Waals surface area contributed by atoms with Crippen molar-refractivity contribution in [3.8, 4) is 5.75 Å². The first kappa shape index (κ1) is 21.4. The Morgan fingerprint density at radius 2 is 2.03 bits per heavy atom. The molecule has 5 rings (SSSR count). The van der Waals surface area contributed by atoms with Gasteiger partial charge in [0.15, 0.2) is 22.8 Å². The molecule has 8 heteroatoms. The number of ether oxygens (including phenoxy) is 1. The van der Waals surface area contributed by atoms with Crippen LogP contribution in [-0.4, -0.2) is 45.1 Å². The van der Waals surface area contributed by atoms with Crippen LogP contribution >= 0.6 is 0 Å². The number of carbonyl (C=O) groups excluding carboxylic acids is 2. The second-order valence-electron chi connectivity index (χ2n) is 9.31. The van der Waals surface area contributed by atoms with E-state index in [1.807, 2.05) is 44.2 Å². The molecule has 3 atom stereocenters. The molecule has 0 aliphatic carbocycles. The molecule has 1 spiro atoms. The summed E-state index contributed by atoms with van der Waals surface area (Å²) in [6.07, 6.45) is 3.62. The normalized spacial score (nSPS) is 25.8. The summed E-state index contributed by atoms with van der Waals surface area (Å²) in [6.45, 7) is 5.83. The van der Waals surface area contributed by atoms with Gasteiger partial charge in [0.25, 0.3) is 5.91 Å². The minimum Gasteiger partial charge on any atom is -0.483 e. The van der Waals surface area contributed by atoms with Crippen LogP contribution in [0.15, 0.2) is 46.5 Å². The van der Waals surface area contributed by atoms with Crippen LogP contribution in [0.3, 0.4) is 0 Å². The molecular weight excluding hydrogens is 422 g/mol. The molecule has 1 saturated heterocycles. The molecule has 33 heavy (non-hydrogen) atoms. The number of rotatable bonds is 4. The molecule has 1 aromatic carbocycles. The number of fused-ring (bicyclic) bond motifs is 5. The van der Waals surface area contributed by atoms with Crippen molar-refractivity contribution in [1.29, 1.82) is 0 Å². The Bertz CT molecular complexity index is 1220. The quantitative estimate of drug-likeness (QED) is 0.668. The van der Waals surface area contributed by atoms with E-state index >= 15 is 0 Å². The number of pyridine rings is 1. The van der Waals surface area contributed by atoms with E-state index in [4.69, 9.17) is 9.57 Å². The van der Waals surface area contributed by atoms with Gasteiger partial charge in [-0.1, -0.05) is 35.5 Å². The zero-order valence-electron chi connectivity index (χ0n) is 19.0. The third-order valence-corrected chi connectivity index (χ3v) is 7.03. The summed E-state index contributed by atoms with van der Waals surface area (Å²) in [4.78, 5) is 47.2. The van der Waals surface area contributed by atoms with Crippen molar-refractivity contribution in [3.63, 3.8) is 0 Å². The van der Waals surface area contributed by atoms with E-state index in [2.05, 4.69) is 5.16 Å². The number of nitrogens with zero attached hydrogens (tertiary/aromatic N) is 3. The standard InChI is InChI=1S/C25H27N3O5/c1-15-11-25(33-26-15)10-9-16(2)27-13-20(25)28-12-19(17(3)29)22(30)23(21(28)24(27)31)32-14-18-7-5-4-6-8-18/h4-8,12,16,20H,9-11,13-14H2,1-3H3/t16-,20+,25-/m0/s1. The molecule has 1 fully saturated rings. The van der Waals surface area contributed by atoms with Crippen molar-refractivity contribution in [1.82, 2.24) is 9.47 Å².